The van der Waals surface area contributed by atoms with Gasteiger partial charge in [-0.25, -0.2) is 0 Å². The minimum Gasteiger partial charge on any atom is -0.330 e. The lowest BCUT2D eigenvalue weighted by molar-refractivity contribution is -0.118. The molecule has 2 heteroatoms. The van der Waals surface area contributed by atoms with E-state index in [1.54, 1.807) is 0 Å². The molecule has 1 aliphatic rings. The van der Waals surface area contributed by atoms with Gasteiger partial charge in [0.2, 0.25) is 5.91 Å². The zero-order valence-electron chi connectivity index (χ0n) is 6.63. The first-order chi connectivity index (χ1) is 5.18. The maximum absolute atomic E-state index is 10.6. The van der Waals surface area contributed by atoms with Crippen molar-refractivity contribution in [2.24, 2.45) is 5.92 Å². The quantitative estimate of drug-likeness (QED) is 0.601. The molecule has 0 aromatic carbocycles. The van der Waals surface area contributed by atoms with Crippen molar-refractivity contribution in [3.05, 3.63) is 30.8 Å². The summed E-state index contributed by atoms with van der Waals surface area (Å²) in [5, 5.41) is 2.74. The van der Waals surface area contributed by atoms with Crippen LogP contribution in [0.15, 0.2) is 23.9 Å². The summed E-state index contributed by atoms with van der Waals surface area (Å²) in [7, 11) is 0. The van der Waals surface area contributed by atoms with Gasteiger partial charge < -0.3 is 5.32 Å². The number of allylic oxidation sites excluding steroid dienone is 4. The molecule has 0 heterocycles. The molecule has 1 aliphatic carbocycles. The standard InChI is InChI=1S/C9H12NO/c1-7-4-3-5-9(6-7)10-8(2)11/h3-5,7H,1,6H2,2H3,(H,10,11). The SMILES string of the molecule is [CH2]C1C=CC=C(NC(C)=O)C1. The van der Waals surface area contributed by atoms with Crippen LogP contribution in [0.1, 0.15) is 13.3 Å². The van der Waals surface area contributed by atoms with E-state index in [0.717, 1.165) is 12.1 Å². The third kappa shape index (κ3) is 2.58. The summed E-state index contributed by atoms with van der Waals surface area (Å²) < 4.78 is 0. The van der Waals surface area contributed by atoms with Crippen molar-refractivity contribution in [3.8, 4) is 0 Å². The highest BCUT2D eigenvalue weighted by atomic mass is 16.1. The van der Waals surface area contributed by atoms with Gasteiger partial charge in [0.15, 0.2) is 0 Å². The fourth-order valence-corrected chi connectivity index (χ4v) is 1.07. The normalized spacial score (nSPS) is 22.7. The monoisotopic (exact) mass is 150 g/mol. The number of hydrogen-bond acceptors (Lipinski definition) is 1. The molecule has 0 aromatic heterocycles. The lowest BCUT2D eigenvalue weighted by atomic mass is 10.0. The second-order valence-corrected chi connectivity index (χ2v) is 2.72. The highest BCUT2D eigenvalue weighted by Gasteiger charge is 2.06. The minimum absolute atomic E-state index is 0.0150. The van der Waals surface area contributed by atoms with Crippen LogP contribution in [0.25, 0.3) is 0 Å². The van der Waals surface area contributed by atoms with Crippen molar-refractivity contribution in [1.29, 1.82) is 0 Å². The maximum atomic E-state index is 10.6. The molecule has 2 nitrogen and oxygen atoms in total. The van der Waals surface area contributed by atoms with Crippen LogP contribution in [0.2, 0.25) is 0 Å². The van der Waals surface area contributed by atoms with E-state index >= 15 is 0 Å². The smallest absolute Gasteiger partial charge is 0.220 e. The second-order valence-electron chi connectivity index (χ2n) is 2.72. The summed E-state index contributed by atoms with van der Waals surface area (Å²) in [6, 6.07) is 0. The van der Waals surface area contributed by atoms with E-state index in [1.165, 1.54) is 6.92 Å². The molecule has 1 unspecified atom stereocenters. The van der Waals surface area contributed by atoms with Crippen molar-refractivity contribution in [2.45, 2.75) is 13.3 Å². The van der Waals surface area contributed by atoms with Crippen LogP contribution < -0.4 is 5.32 Å². The van der Waals surface area contributed by atoms with Gasteiger partial charge in [-0.3, -0.25) is 4.79 Å². The predicted molar refractivity (Wildman–Crippen MR) is 44.5 cm³/mol. The van der Waals surface area contributed by atoms with E-state index < -0.39 is 0 Å². The number of carbonyl (C=O) groups is 1. The largest absolute Gasteiger partial charge is 0.330 e. The average molecular weight is 150 g/mol. The maximum Gasteiger partial charge on any atom is 0.220 e. The molecule has 11 heavy (non-hydrogen) atoms. The van der Waals surface area contributed by atoms with E-state index in [4.69, 9.17) is 0 Å². The van der Waals surface area contributed by atoms with Gasteiger partial charge in [0.1, 0.15) is 0 Å². The van der Waals surface area contributed by atoms with Crippen LogP contribution in [0.4, 0.5) is 0 Å². The van der Waals surface area contributed by atoms with Crippen LogP contribution >= 0.6 is 0 Å². The molecular weight excluding hydrogens is 138 g/mol. The van der Waals surface area contributed by atoms with Gasteiger partial charge in [-0.1, -0.05) is 12.2 Å². The van der Waals surface area contributed by atoms with Crippen LogP contribution in [0, 0.1) is 12.8 Å². The van der Waals surface area contributed by atoms with Gasteiger partial charge in [0.05, 0.1) is 0 Å². The zero-order chi connectivity index (χ0) is 8.27. The summed E-state index contributed by atoms with van der Waals surface area (Å²) in [5.41, 5.74) is 0.958. The van der Waals surface area contributed by atoms with Crippen molar-refractivity contribution < 1.29 is 4.79 Å². The third-order valence-electron chi connectivity index (χ3n) is 1.50. The Balaban J connectivity index is 2.52. The number of hydrogen-bond donors (Lipinski definition) is 1. The summed E-state index contributed by atoms with van der Waals surface area (Å²) in [4.78, 5) is 10.6. The molecular formula is C9H12NO. The van der Waals surface area contributed by atoms with Crippen LogP contribution in [-0.4, -0.2) is 5.91 Å². The van der Waals surface area contributed by atoms with Gasteiger partial charge in [-0.05, 0) is 25.3 Å². The molecule has 0 fully saturated rings. The number of nitrogens with one attached hydrogen (secondary N) is 1. The Hall–Kier alpha value is -1.05. The van der Waals surface area contributed by atoms with Crippen molar-refractivity contribution >= 4 is 5.91 Å². The van der Waals surface area contributed by atoms with Gasteiger partial charge in [-0.2, -0.15) is 0 Å². The van der Waals surface area contributed by atoms with E-state index in [9.17, 15) is 4.79 Å². The Morgan fingerprint density at radius 3 is 3.09 bits per heavy atom. The lowest BCUT2D eigenvalue weighted by Gasteiger charge is -2.13. The van der Waals surface area contributed by atoms with Crippen molar-refractivity contribution in [3.63, 3.8) is 0 Å². The first-order valence-electron chi connectivity index (χ1n) is 3.66. The molecule has 1 radical (unpaired) electrons. The molecule has 0 saturated heterocycles. The molecule has 0 saturated carbocycles. The van der Waals surface area contributed by atoms with E-state index in [2.05, 4.69) is 12.2 Å². The molecule has 0 aromatic rings. The van der Waals surface area contributed by atoms with Crippen LogP contribution in [-0.2, 0) is 4.79 Å². The minimum atomic E-state index is -0.0150. The number of carbonyl (C=O) groups excluding carboxylic acids is 1. The Bertz CT molecular complexity index is 216. The summed E-state index contributed by atoms with van der Waals surface area (Å²) in [6.07, 6.45) is 6.68. The first-order valence-corrected chi connectivity index (χ1v) is 3.66. The van der Waals surface area contributed by atoms with Gasteiger partial charge in [-0.15, -0.1) is 0 Å². The fraction of sp³-hybridized carbons (Fsp3) is 0.333. The fourth-order valence-electron chi connectivity index (χ4n) is 1.07. The molecule has 1 atom stereocenters. The molecule has 59 valence electrons. The Morgan fingerprint density at radius 2 is 2.55 bits per heavy atom. The first kappa shape index (κ1) is 8.05. The third-order valence-corrected chi connectivity index (χ3v) is 1.50. The number of amides is 1. The Kier molecular flexibility index (Phi) is 2.47. The second kappa shape index (κ2) is 3.37. The Morgan fingerprint density at radius 1 is 1.82 bits per heavy atom. The van der Waals surface area contributed by atoms with Crippen LogP contribution in [0.5, 0.6) is 0 Å². The molecule has 0 bridgehead atoms. The summed E-state index contributed by atoms with van der Waals surface area (Å²) in [6.45, 7) is 5.39. The lowest BCUT2D eigenvalue weighted by Crippen LogP contribution is -2.21. The molecule has 1 N–H and O–H groups in total. The molecule has 1 rings (SSSR count). The Labute approximate surface area is 67.0 Å². The number of rotatable bonds is 1. The van der Waals surface area contributed by atoms with Gasteiger partial charge >= 0.3 is 0 Å². The topological polar surface area (TPSA) is 29.1 Å². The van der Waals surface area contributed by atoms with Crippen LogP contribution in [0.3, 0.4) is 0 Å². The zero-order valence-corrected chi connectivity index (χ0v) is 6.63. The molecule has 1 amide bonds. The highest BCUT2D eigenvalue weighted by Crippen LogP contribution is 2.14. The van der Waals surface area contributed by atoms with Crippen molar-refractivity contribution in [1.82, 2.24) is 5.32 Å². The van der Waals surface area contributed by atoms with Gasteiger partial charge in [0, 0.05) is 12.6 Å². The molecule has 0 spiro atoms. The predicted octanol–water partition coefficient (Wildman–Crippen LogP) is 1.42. The average Bonchev–Trinajstić information content (AvgIpc) is 1.85. The van der Waals surface area contributed by atoms with E-state index in [0.29, 0.717) is 5.92 Å². The summed E-state index contributed by atoms with van der Waals surface area (Å²) in [5.74, 6) is 0.278. The highest BCUT2D eigenvalue weighted by molar-refractivity contribution is 5.75. The van der Waals surface area contributed by atoms with E-state index in [-0.39, 0.29) is 5.91 Å². The summed E-state index contributed by atoms with van der Waals surface area (Å²) >= 11 is 0. The van der Waals surface area contributed by atoms with E-state index in [1.807, 2.05) is 18.2 Å². The van der Waals surface area contributed by atoms with Crippen molar-refractivity contribution in [2.75, 3.05) is 0 Å². The molecule has 0 aliphatic heterocycles. The van der Waals surface area contributed by atoms with Gasteiger partial charge in [0.25, 0.3) is 0 Å².